The normalized spacial score (nSPS) is 17.3. The maximum Gasteiger partial charge on any atom is 0.274 e. The number of pyridine rings is 1. The lowest BCUT2D eigenvalue weighted by Gasteiger charge is -2.16. The van der Waals surface area contributed by atoms with Crippen LogP contribution in [0.25, 0.3) is 5.65 Å². The van der Waals surface area contributed by atoms with E-state index in [-0.39, 0.29) is 24.0 Å². The number of aryl methyl sites for hydroxylation is 1. The number of ketones is 1. The predicted octanol–water partition coefficient (Wildman–Crippen LogP) is 4.17. The average molecular weight is 425 g/mol. The summed E-state index contributed by atoms with van der Waals surface area (Å²) in [7, 11) is 0. The molecule has 5 rings (SSSR count). The predicted molar refractivity (Wildman–Crippen MR) is 122 cm³/mol. The molecule has 2 aromatic carbocycles. The highest BCUT2D eigenvalue weighted by atomic mass is 16.3. The number of carbonyl (C=O) groups excluding carboxylic acids is 2. The first-order chi connectivity index (χ1) is 15.5. The van der Waals surface area contributed by atoms with Gasteiger partial charge >= 0.3 is 0 Å². The number of benzene rings is 2. The third-order valence-electron chi connectivity index (χ3n) is 6.21. The summed E-state index contributed by atoms with van der Waals surface area (Å²) in [5.74, 6) is -0.566. The van der Waals surface area contributed by atoms with Crippen LogP contribution < -0.4 is 5.32 Å². The number of aromatic nitrogens is 2. The fourth-order valence-corrected chi connectivity index (χ4v) is 4.44. The van der Waals surface area contributed by atoms with Crippen molar-refractivity contribution in [1.82, 2.24) is 9.38 Å². The lowest BCUT2D eigenvalue weighted by Crippen LogP contribution is -2.18. The average Bonchev–Trinajstić information content (AvgIpc) is 3.36. The molecule has 1 aliphatic rings. The fraction of sp³-hybridized carbons (Fsp3) is 0.192. The Balaban J connectivity index is 1.37. The second-order valence-electron chi connectivity index (χ2n) is 8.26. The molecule has 2 N–H and O–H groups in total. The quantitative estimate of drug-likeness (QED) is 0.470. The number of aliphatic hydroxyl groups excluding tert-OH is 1. The minimum Gasteiger partial charge on any atom is -0.392 e. The first-order valence-corrected chi connectivity index (χ1v) is 10.6. The van der Waals surface area contributed by atoms with Crippen molar-refractivity contribution in [3.63, 3.8) is 0 Å². The molecule has 2 atom stereocenters. The summed E-state index contributed by atoms with van der Waals surface area (Å²) in [5.41, 5.74) is 5.20. The van der Waals surface area contributed by atoms with Gasteiger partial charge in [-0.1, -0.05) is 42.5 Å². The van der Waals surface area contributed by atoms with Crippen LogP contribution in [0.2, 0.25) is 0 Å². The molecule has 0 radical (unpaired) electrons. The summed E-state index contributed by atoms with van der Waals surface area (Å²) in [5, 5.41) is 13.4. The van der Waals surface area contributed by atoms with E-state index in [0.29, 0.717) is 29.0 Å². The second kappa shape index (κ2) is 8.05. The Kier molecular flexibility index (Phi) is 5.07. The van der Waals surface area contributed by atoms with Crippen LogP contribution in [-0.4, -0.2) is 32.3 Å². The number of amides is 1. The highest BCUT2D eigenvalue weighted by Gasteiger charge is 2.32. The van der Waals surface area contributed by atoms with E-state index >= 15 is 0 Å². The van der Waals surface area contributed by atoms with Gasteiger partial charge in [0.05, 0.1) is 12.3 Å². The van der Waals surface area contributed by atoms with E-state index in [2.05, 4.69) is 10.3 Å². The topological polar surface area (TPSA) is 83.7 Å². The molecule has 0 unspecified atom stereocenters. The minimum atomic E-state index is -0.559. The number of nitrogens with zero attached hydrogens (tertiary/aromatic N) is 2. The van der Waals surface area contributed by atoms with Gasteiger partial charge in [0.2, 0.25) is 0 Å². The largest absolute Gasteiger partial charge is 0.392 e. The van der Waals surface area contributed by atoms with E-state index in [1.807, 2.05) is 55.5 Å². The van der Waals surface area contributed by atoms with Crippen LogP contribution in [0.3, 0.4) is 0 Å². The minimum absolute atomic E-state index is 0.0592. The van der Waals surface area contributed by atoms with Crippen LogP contribution in [0, 0.1) is 6.92 Å². The van der Waals surface area contributed by atoms with Gasteiger partial charge in [0.15, 0.2) is 5.78 Å². The van der Waals surface area contributed by atoms with Gasteiger partial charge in [0.25, 0.3) is 5.91 Å². The van der Waals surface area contributed by atoms with Crippen molar-refractivity contribution in [1.29, 1.82) is 0 Å². The number of hydrogen-bond acceptors (Lipinski definition) is 4. The molecule has 6 nitrogen and oxygen atoms in total. The molecular weight excluding hydrogens is 402 g/mol. The molecule has 4 aromatic rings. The molecule has 2 aromatic heterocycles. The van der Waals surface area contributed by atoms with Gasteiger partial charge in [-0.3, -0.25) is 14.0 Å². The van der Waals surface area contributed by atoms with Crippen LogP contribution in [0.1, 0.15) is 49.9 Å². The van der Waals surface area contributed by atoms with Gasteiger partial charge in [-0.2, -0.15) is 0 Å². The van der Waals surface area contributed by atoms with Gasteiger partial charge < -0.3 is 10.4 Å². The number of carbonyl (C=O) groups is 2. The zero-order valence-corrected chi connectivity index (χ0v) is 17.7. The maximum atomic E-state index is 13.1. The summed E-state index contributed by atoms with van der Waals surface area (Å²) >= 11 is 0. The Bertz CT molecular complexity index is 1340. The molecule has 0 spiro atoms. The molecular formula is C26H23N3O3. The van der Waals surface area contributed by atoms with Crippen molar-refractivity contribution in [2.75, 3.05) is 5.32 Å². The fourth-order valence-electron chi connectivity index (χ4n) is 4.44. The van der Waals surface area contributed by atoms with E-state index < -0.39 is 6.10 Å². The van der Waals surface area contributed by atoms with Crippen LogP contribution in [0.15, 0.2) is 73.1 Å². The Labute approximate surface area is 185 Å². The molecule has 0 aliphatic heterocycles. The number of imidazole rings is 1. The van der Waals surface area contributed by atoms with Gasteiger partial charge in [-0.05, 0) is 48.2 Å². The van der Waals surface area contributed by atoms with Crippen LogP contribution in [0.5, 0.6) is 0 Å². The highest BCUT2D eigenvalue weighted by Crippen LogP contribution is 2.36. The van der Waals surface area contributed by atoms with E-state index in [9.17, 15) is 14.7 Å². The molecule has 0 saturated heterocycles. The lowest BCUT2D eigenvalue weighted by molar-refractivity contribution is 0.0920. The van der Waals surface area contributed by atoms with Crippen LogP contribution in [-0.2, 0) is 6.42 Å². The number of fused-ring (bicyclic) bond motifs is 2. The number of Topliss-reactive ketones (excluding diaryl/α,β-unsaturated/α-hetero) is 1. The van der Waals surface area contributed by atoms with Crippen molar-refractivity contribution >= 4 is 23.0 Å². The first kappa shape index (κ1) is 20.2. The summed E-state index contributed by atoms with van der Waals surface area (Å²) < 4.78 is 1.72. The Morgan fingerprint density at radius 1 is 1.12 bits per heavy atom. The maximum absolute atomic E-state index is 13.1. The Morgan fingerprint density at radius 2 is 1.94 bits per heavy atom. The van der Waals surface area contributed by atoms with Crippen molar-refractivity contribution < 1.29 is 14.7 Å². The summed E-state index contributed by atoms with van der Waals surface area (Å²) in [6, 6.07) is 18.7. The smallest absolute Gasteiger partial charge is 0.274 e. The molecule has 2 heterocycles. The van der Waals surface area contributed by atoms with E-state index in [1.165, 1.54) is 6.20 Å². The van der Waals surface area contributed by atoms with Crippen molar-refractivity contribution in [2.24, 2.45) is 0 Å². The van der Waals surface area contributed by atoms with Gasteiger partial charge in [0, 0.05) is 29.8 Å². The van der Waals surface area contributed by atoms with Gasteiger partial charge in [-0.25, -0.2) is 4.98 Å². The lowest BCUT2D eigenvalue weighted by atomic mass is 9.91. The van der Waals surface area contributed by atoms with E-state index in [0.717, 1.165) is 16.7 Å². The first-order valence-electron chi connectivity index (χ1n) is 10.6. The van der Waals surface area contributed by atoms with Crippen LogP contribution in [0.4, 0.5) is 5.69 Å². The van der Waals surface area contributed by atoms with Crippen molar-refractivity contribution in [2.45, 2.75) is 31.8 Å². The number of nitrogens with one attached hydrogen (secondary N) is 1. The number of aliphatic hydroxyl groups is 1. The number of rotatable bonds is 5. The van der Waals surface area contributed by atoms with Crippen LogP contribution >= 0.6 is 0 Å². The van der Waals surface area contributed by atoms with E-state index in [1.54, 1.807) is 22.7 Å². The molecule has 32 heavy (non-hydrogen) atoms. The zero-order chi connectivity index (χ0) is 22.2. The molecule has 1 amide bonds. The Morgan fingerprint density at radius 3 is 2.81 bits per heavy atom. The van der Waals surface area contributed by atoms with Gasteiger partial charge in [-0.15, -0.1) is 0 Å². The standard InChI is InChI=1S/C26H23N3O3/c1-16-9-10-18(23(30)14-20-19-7-3-2-6-17(19)13-24(20)31)12-21(16)28-26(32)22-15-27-25-8-4-5-11-29(22)25/h2-12,15,20,24,31H,13-14H2,1H3,(H,28,32)/t20-,24+/m0/s1. The summed E-state index contributed by atoms with van der Waals surface area (Å²) in [4.78, 5) is 30.2. The molecule has 6 heteroatoms. The molecule has 1 aliphatic carbocycles. The second-order valence-corrected chi connectivity index (χ2v) is 8.26. The molecule has 160 valence electrons. The summed E-state index contributed by atoms with van der Waals surface area (Å²) in [6.45, 7) is 1.88. The zero-order valence-electron chi connectivity index (χ0n) is 17.7. The highest BCUT2D eigenvalue weighted by molar-refractivity contribution is 6.05. The molecule has 0 fully saturated rings. The SMILES string of the molecule is Cc1ccc(C(=O)C[C@H]2c3ccccc3C[C@H]2O)cc1NC(=O)c1cnc2ccccn12. The van der Waals surface area contributed by atoms with E-state index in [4.69, 9.17) is 0 Å². The number of anilines is 1. The third kappa shape index (κ3) is 3.59. The van der Waals surface area contributed by atoms with Crippen molar-refractivity contribution in [3.8, 4) is 0 Å². The molecule has 0 saturated carbocycles. The Hall–Kier alpha value is -3.77. The third-order valence-corrected chi connectivity index (χ3v) is 6.21. The summed E-state index contributed by atoms with van der Waals surface area (Å²) in [6.07, 6.45) is 3.56. The van der Waals surface area contributed by atoms with Gasteiger partial charge in [0.1, 0.15) is 11.3 Å². The number of hydrogen-bond donors (Lipinski definition) is 2. The van der Waals surface area contributed by atoms with Crippen molar-refractivity contribution in [3.05, 3.63) is 101 Å². The monoisotopic (exact) mass is 425 g/mol. The molecule has 0 bridgehead atoms.